The Morgan fingerprint density at radius 3 is 1.34 bits per heavy atom. The van der Waals surface area contributed by atoms with Gasteiger partial charge in [-0.25, -0.2) is 0 Å². The summed E-state index contributed by atoms with van der Waals surface area (Å²) in [6.45, 7) is 0. The fourth-order valence-corrected chi connectivity index (χ4v) is 13.4. The van der Waals surface area contributed by atoms with Crippen molar-refractivity contribution in [3.63, 3.8) is 0 Å². The molecule has 15 rings (SSSR count). The predicted molar refractivity (Wildman–Crippen MR) is 299 cm³/mol. The number of aromatic nitrogens is 4. The Balaban J connectivity index is 0.832. The van der Waals surface area contributed by atoms with Crippen molar-refractivity contribution in [2.24, 2.45) is 0 Å². The lowest BCUT2D eigenvalue weighted by molar-refractivity contribution is 0.103. The number of para-hydroxylation sites is 1. The van der Waals surface area contributed by atoms with E-state index >= 15 is 9.59 Å². The van der Waals surface area contributed by atoms with Gasteiger partial charge in [-0.1, -0.05) is 108 Å². The minimum atomic E-state index is -0.615. The number of anilines is 4. The van der Waals surface area contributed by atoms with Crippen LogP contribution < -0.4 is 10.6 Å². The highest BCUT2D eigenvalue weighted by atomic mass is 35.5. The third-order valence-electron chi connectivity index (χ3n) is 16.0. The van der Waals surface area contributed by atoms with Gasteiger partial charge in [-0.05, 0) is 152 Å². The van der Waals surface area contributed by atoms with Crippen molar-refractivity contribution in [1.29, 1.82) is 0 Å². The molecule has 7 aromatic carbocycles. The van der Waals surface area contributed by atoms with E-state index in [0.29, 0.717) is 55.0 Å². The molecule has 0 unspecified atom stereocenters. The molecule has 0 amide bonds. The van der Waals surface area contributed by atoms with E-state index in [1.807, 2.05) is 122 Å². The second kappa shape index (κ2) is 16.6. The Morgan fingerprint density at radius 2 is 0.816 bits per heavy atom. The second-order valence-electron chi connectivity index (χ2n) is 19.6. The van der Waals surface area contributed by atoms with Gasteiger partial charge in [0.2, 0.25) is 0 Å². The summed E-state index contributed by atoms with van der Waals surface area (Å²) in [5.41, 5.74) is 20.0. The van der Waals surface area contributed by atoms with Crippen LogP contribution in [-0.4, -0.2) is 31.5 Å². The Kier molecular flexibility index (Phi) is 9.64. The van der Waals surface area contributed by atoms with E-state index in [4.69, 9.17) is 23.2 Å². The van der Waals surface area contributed by atoms with E-state index in [2.05, 4.69) is 103 Å². The monoisotopic (exact) mass is 1020 g/mol. The normalized spacial score (nSPS) is 13.7. The van der Waals surface area contributed by atoms with Crippen LogP contribution in [0.1, 0.15) is 76.4 Å². The lowest BCUT2D eigenvalue weighted by Crippen LogP contribution is -2.26. The number of nitrogens with zero attached hydrogens (tertiary/aromatic N) is 4. The quantitative estimate of drug-likeness (QED) is 0.145. The zero-order valence-corrected chi connectivity index (χ0v) is 41.7. The first-order valence-electron chi connectivity index (χ1n) is 24.9. The van der Waals surface area contributed by atoms with Crippen LogP contribution >= 0.6 is 23.2 Å². The number of hydrogen-bond acceptors (Lipinski definition) is 8. The van der Waals surface area contributed by atoms with Gasteiger partial charge in [0.1, 0.15) is 0 Å². The average molecular weight is 1020 g/mol. The number of halogens is 2. The molecule has 4 aromatic heterocycles. The molecule has 0 saturated heterocycles. The first kappa shape index (κ1) is 44.2. The fourth-order valence-electron chi connectivity index (χ4n) is 13.0. The molecular formula is C66H38Cl2N6O2. The predicted octanol–water partition coefficient (Wildman–Crippen LogP) is 15.2. The van der Waals surface area contributed by atoms with E-state index < -0.39 is 10.8 Å². The van der Waals surface area contributed by atoms with Gasteiger partial charge in [-0.15, -0.1) is 0 Å². The molecule has 11 aromatic rings. The molecule has 4 heterocycles. The van der Waals surface area contributed by atoms with E-state index in [1.165, 1.54) is 0 Å². The van der Waals surface area contributed by atoms with Crippen molar-refractivity contribution >= 4 is 57.5 Å². The van der Waals surface area contributed by atoms with Crippen LogP contribution in [0, 0.1) is 0 Å². The number of hydrogen-bond donors (Lipinski definition) is 2. The molecule has 8 nitrogen and oxygen atoms in total. The highest BCUT2D eigenvalue weighted by Crippen LogP contribution is 2.64. The van der Waals surface area contributed by atoms with Crippen LogP contribution in [0.5, 0.6) is 0 Å². The van der Waals surface area contributed by atoms with E-state index in [0.717, 1.165) is 89.0 Å². The molecule has 0 radical (unpaired) electrons. The van der Waals surface area contributed by atoms with E-state index in [9.17, 15) is 0 Å². The summed E-state index contributed by atoms with van der Waals surface area (Å²) < 4.78 is 0. The van der Waals surface area contributed by atoms with Gasteiger partial charge in [0.25, 0.3) is 0 Å². The molecule has 4 aliphatic carbocycles. The summed E-state index contributed by atoms with van der Waals surface area (Å²) in [5.74, 6) is -0.400. The molecular weight excluding hydrogens is 980 g/mol. The van der Waals surface area contributed by atoms with Crippen LogP contribution in [0.25, 0.3) is 44.5 Å². The van der Waals surface area contributed by atoms with Gasteiger partial charge in [0.05, 0.1) is 27.9 Å². The summed E-state index contributed by atoms with van der Waals surface area (Å²) in [6.07, 6.45) is 15.1. The summed E-state index contributed by atoms with van der Waals surface area (Å²) >= 11 is 13.4. The molecule has 76 heavy (non-hydrogen) atoms. The Hall–Kier alpha value is -9.34. The number of carbonyl (C=O) groups excluding carboxylic acids is 2. The van der Waals surface area contributed by atoms with Crippen molar-refractivity contribution in [1.82, 2.24) is 19.9 Å². The van der Waals surface area contributed by atoms with Gasteiger partial charge >= 0.3 is 0 Å². The molecule has 2 N–H and O–H groups in total. The van der Waals surface area contributed by atoms with E-state index in [-0.39, 0.29) is 11.6 Å². The number of pyridine rings is 4. The maximum Gasteiger partial charge on any atom is 0.195 e. The molecule has 0 fully saturated rings. The standard InChI is InChI=1S/C66H38Cl2N6O2/c67-39-7-5-8-41(31-39)73-62-45(64(76)38-16-20-55-47(30-38)43-10-2-4-13-53(43)66(55)58-23-27-71-35-50(58)51-36-72-28-24-59(51)66)11-6-14-60(62)74-61-32-40(68)17-18-44(61)63(75)37-15-19-54-46(29-37)42-9-1-3-12-52(42)65(54)56-21-25-69-33-48(56)49-34-70-26-22-57(49)65/h1-36,73-74H. The van der Waals surface area contributed by atoms with Gasteiger partial charge in [-0.2, -0.15) is 0 Å². The largest absolute Gasteiger partial charge is 0.353 e. The number of fused-ring (bicyclic) bond motifs is 20. The van der Waals surface area contributed by atoms with Gasteiger partial charge < -0.3 is 10.6 Å². The van der Waals surface area contributed by atoms with Gasteiger partial charge in [-0.3, -0.25) is 29.5 Å². The lowest BCUT2D eigenvalue weighted by atomic mass is 9.71. The third-order valence-corrected chi connectivity index (χ3v) is 16.5. The second-order valence-corrected chi connectivity index (χ2v) is 20.5. The van der Waals surface area contributed by atoms with E-state index in [1.54, 1.807) is 24.3 Å². The molecule has 0 bridgehead atoms. The first-order valence-corrected chi connectivity index (χ1v) is 25.7. The summed E-state index contributed by atoms with van der Waals surface area (Å²) in [6, 6.07) is 55.6. The topological polar surface area (TPSA) is 110 Å². The Labute approximate surface area is 446 Å². The van der Waals surface area contributed by atoms with Crippen molar-refractivity contribution in [3.8, 4) is 44.5 Å². The fraction of sp³-hybridized carbons (Fsp3) is 0.0303. The molecule has 0 aliphatic heterocycles. The summed E-state index contributed by atoms with van der Waals surface area (Å²) in [5, 5.41) is 8.08. The zero-order valence-electron chi connectivity index (χ0n) is 40.1. The molecule has 4 aliphatic rings. The number of rotatable bonds is 8. The highest BCUT2D eigenvalue weighted by molar-refractivity contribution is 6.31. The van der Waals surface area contributed by atoms with Gasteiger partial charge in [0.15, 0.2) is 11.6 Å². The number of carbonyl (C=O) groups is 2. The Bertz CT molecular complexity index is 4270. The van der Waals surface area contributed by atoms with Crippen LogP contribution in [0.2, 0.25) is 10.0 Å². The highest BCUT2D eigenvalue weighted by Gasteiger charge is 2.53. The maximum atomic E-state index is 15.4. The van der Waals surface area contributed by atoms with Crippen molar-refractivity contribution in [3.05, 3.63) is 296 Å². The van der Waals surface area contributed by atoms with Crippen LogP contribution in [0.3, 0.4) is 0 Å². The SMILES string of the molecule is O=C(c1ccc2c(c1)-c1ccccc1C21c2ccncc2-c2cnccc21)c1ccc(Cl)cc1Nc1cccc(C(=O)c2ccc3c(c2)-c2ccccc2C32c3ccncc3-c3cnccc32)c1Nc1cccc(Cl)c1. The van der Waals surface area contributed by atoms with Crippen molar-refractivity contribution in [2.45, 2.75) is 10.8 Å². The minimum Gasteiger partial charge on any atom is -0.353 e. The lowest BCUT2D eigenvalue weighted by Gasteiger charge is -2.30. The summed E-state index contributed by atoms with van der Waals surface area (Å²) in [7, 11) is 0. The molecule has 358 valence electrons. The van der Waals surface area contributed by atoms with Crippen molar-refractivity contribution < 1.29 is 9.59 Å². The van der Waals surface area contributed by atoms with Crippen LogP contribution in [0.15, 0.2) is 219 Å². The Morgan fingerprint density at radius 1 is 0.355 bits per heavy atom. The number of nitrogens with one attached hydrogen (secondary N) is 2. The third kappa shape index (κ3) is 6.08. The number of ketones is 2. The van der Waals surface area contributed by atoms with Crippen LogP contribution in [0.4, 0.5) is 22.7 Å². The minimum absolute atomic E-state index is 0.200. The molecule has 0 atom stereocenters. The molecule has 0 saturated carbocycles. The summed E-state index contributed by atoms with van der Waals surface area (Å²) in [4.78, 5) is 48.7. The smallest absolute Gasteiger partial charge is 0.195 e. The molecule has 2 spiro atoms. The first-order chi connectivity index (χ1) is 37.3. The zero-order chi connectivity index (χ0) is 50.9. The van der Waals surface area contributed by atoms with Gasteiger partial charge in [0, 0.05) is 110 Å². The molecule has 10 heteroatoms. The van der Waals surface area contributed by atoms with Crippen LogP contribution in [-0.2, 0) is 10.8 Å². The maximum absolute atomic E-state index is 15.4. The van der Waals surface area contributed by atoms with Crippen molar-refractivity contribution in [2.75, 3.05) is 10.6 Å². The number of benzene rings is 7. The average Bonchev–Trinajstić information content (AvgIpc) is 4.15.